The zero-order chi connectivity index (χ0) is 21.7. The molecule has 0 saturated heterocycles. The molecule has 1 aliphatic rings. The zero-order valence-electron chi connectivity index (χ0n) is 17.4. The summed E-state index contributed by atoms with van der Waals surface area (Å²) in [4.78, 5) is 21.8. The van der Waals surface area contributed by atoms with Crippen LogP contribution in [0.2, 0.25) is 5.15 Å². The highest BCUT2D eigenvalue weighted by Gasteiger charge is 2.33. The van der Waals surface area contributed by atoms with E-state index in [2.05, 4.69) is 9.88 Å². The highest BCUT2D eigenvalue weighted by Crippen LogP contribution is 2.25. The summed E-state index contributed by atoms with van der Waals surface area (Å²) in [5.41, 5.74) is 2.22. The summed E-state index contributed by atoms with van der Waals surface area (Å²) in [5.74, 6) is 1.43. The molecule has 0 aliphatic carbocycles. The Morgan fingerprint density at radius 3 is 2.50 bits per heavy atom. The third kappa shape index (κ3) is 5.20. The monoisotopic (exact) mass is 431 g/mol. The van der Waals surface area contributed by atoms with Crippen LogP contribution in [0.15, 0.2) is 54.1 Å². The number of halogens is 1. The molecule has 2 aromatic rings. The van der Waals surface area contributed by atoms with Gasteiger partial charge in [0, 0.05) is 32.9 Å². The third-order valence-corrected chi connectivity index (χ3v) is 5.26. The van der Waals surface area contributed by atoms with Crippen molar-refractivity contribution in [2.75, 3.05) is 33.9 Å². The Morgan fingerprint density at radius 1 is 1.23 bits per heavy atom. The van der Waals surface area contributed by atoms with E-state index < -0.39 is 0 Å². The normalized spacial score (nSPS) is 14.7. The van der Waals surface area contributed by atoms with Gasteiger partial charge in [0.25, 0.3) is 5.70 Å². The zero-order valence-corrected chi connectivity index (χ0v) is 18.2. The first-order chi connectivity index (χ1) is 14.4. The first kappa shape index (κ1) is 21.9. The summed E-state index contributed by atoms with van der Waals surface area (Å²) in [6, 6.07) is 11.4. The van der Waals surface area contributed by atoms with Crippen molar-refractivity contribution >= 4 is 11.6 Å². The Hall–Kier alpha value is -2.84. The van der Waals surface area contributed by atoms with Gasteiger partial charge in [-0.1, -0.05) is 29.8 Å². The minimum atomic E-state index is -0.269. The number of hydrogen-bond donors (Lipinski definition) is 0. The van der Waals surface area contributed by atoms with Crippen LogP contribution in [-0.4, -0.2) is 58.5 Å². The van der Waals surface area contributed by atoms with Crippen molar-refractivity contribution in [3.63, 3.8) is 0 Å². The largest absolute Gasteiger partial charge is 0.497 e. The molecule has 160 valence electrons. The summed E-state index contributed by atoms with van der Waals surface area (Å²) in [6.45, 7) is 4.63. The van der Waals surface area contributed by atoms with Gasteiger partial charge in [0.1, 0.15) is 10.9 Å². The molecule has 2 heterocycles. The second-order valence-corrected chi connectivity index (χ2v) is 7.59. The molecule has 0 N–H and O–H groups in total. The molecular weight excluding hydrogens is 406 g/mol. The molecule has 0 saturated carbocycles. The molecule has 8 nitrogen and oxygen atoms in total. The highest BCUT2D eigenvalue weighted by molar-refractivity contribution is 6.29. The SMILES string of the molecule is CCN(Cc1ccc(Cl)nc1)C1=C([N+](=O)[O-])CN(Cc2ccc(OC)cc2)CN1C. The summed E-state index contributed by atoms with van der Waals surface area (Å²) in [7, 11) is 3.52. The van der Waals surface area contributed by atoms with E-state index >= 15 is 0 Å². The van der Waals surface area contributed by atoms with E-state index in [-0.39, 0.29) is 17.2 Å². The van der Waals surface area contributed by atoms with E-state index in [1.807, 2.05) is 54.1 Å². The smallest absolute Gasteiger partial charge is 0.300 e. The van der Waals surface area contributed by atoms with Gasteiger partial charge in [-0.25, -0.2) is 4.98 Å². The number of ether oxygens (including phenoxy) is 1. The second kappa shape index (κ2) is 9.77. The maximum absolute atomic E-state index is 11.9. The molecule has 1 aliphatic heterocycles. The molecule has 0 fully saturated rings. The standard InChI is InChI=1S/C21H26ClN5O3/c1-4-26(13-17-7-10-20(22)23-11-17)21-19(27(28)29)14-25(15-24(21)2)12-16-5-8-18(30-3)9-6-16/h5-11H,4,12-15H2,1-3H3. The van der Waals surface area contributed by atoms with Crippen molar-refractivity contribution in [3.05, 3.63) is 80.5 Å². The molecule has 0 unspecified atom stereocenters. The van der Waals surface area contributed by atoms with E-state index in [0.29, 0.717) is 37.3 Å². The highest BCUT2D eigenvalue weighted by atomic mass is 35.5. The average Bonchev–Trinajstić information content (AvgIpc) is 2.74. The van der Waals surface area contributed by atoms with Crippen molar-refractivity contribution in [2.24, 2.45) is 0 Å². The van der Waals surface area contributed by atoms with Crippen molar-refractivity contribution in [3.8, 4) is 5.75 Å². The molecule has 0 amide bonds. The van der Waals surface area contributed by atoms with Gasteiger partial charge in [0.15, 0.2) is 5.82 Å². The fraction of sp³-hybridized carbons (Fsp3) is 0.381. The first-order valence-electron chi connectivity index (χ1n) is 9.70. The first-order valence-corrected chi connectivity index (χ1v) is 10.1. The van der Waals surface area contributed by atoms with Crippen LogP contribution in [0, 0.1) is 10.1 Å². The topological polar surface area (TPSA) is 75.0 Å². The quantitative estimate of drug-likeness (QED) is 0.360. The Kier molecular flexibility index (Phi) is 7.12. The summed E-state index contributed by atoms with van der Waals surface area (Å²) in [6.07, 6.45) is 1.70. The summed E-state index contributed by atoms with van der Waals surface area (Å²) in [5, 5.41) is 12.4. The van der Waals surface area contributed by atoms with Gasteiger partial charge in [0.2, 0.25) is 0 Å². The van der Waals surface area contributed by atoms with Crippen LogP contribution in [0.4, 0.5) is 0 Å². The second-order valence-electron chi connectivity index (χ2n) is 7.21. The lowest BCUT2D eigenvalue weighted by atomic mass is 10.2. The van der Waals surface area contributed by atoms with Gasteiger partial charge in [-0.15, -0.1) is 0 Å². The van der Waals surface area contributed by atoms with Crippen LogP contribution in [0.3, 0.4) is 0 Å². The molecule has 0 bridgehead atoms. The lowest BCUT2D eigenvalue weighted by Crippen LogP contribution is -2.47. The van der Waals surface area contributed by atoms with Crippen molar-refractivity contribution < 1.29 is 9.66 Å². The number of nitrogens with zero attached hydrogens (tertiary/aromatic N) is 5. The summed E-state index contributed by atoms with van der Waals surface area (Å²) < 4.78 is 5.20. The fourth-order valence-electron chi connectivity index (χ4n) is 3.63. The van der Waals surface area contributed by atoms with Crippen LogP contribution < -0.4 is 4.74 Å². The molecule has 1 aromatic heterocycles. The van der Waals surface area contributed by atoms with Gasteiger partial charge < -0.3 is 14.5 Å². The molecule has 0 atom stereocenters. The lowest BCUT2D eigenvalue weighted by molar-refractivity contribution is -0.433. The van der Waals surface area contributed by atoms with Crippen LogP contribution in [0.25, 0.3) is 0 Å². The van der Waals surface area contributed by atoms with Crippen LogP contribution in [0.5, 0.6) is 5.75 Å². The fourth-order valence-corrected chi connectivity index (χ4v) is 3.75. The molecule has 1 aromatic carbocycles. The van der Waals surface area contributed by atoms with E-state index in [0.717, 1.165) is 16.9 Å². The molecule has 9 heteroatoms. The Labute approximate surface area is 181 Å². The van der Waals surface area contributed by atoms with E-state index in [1.165, 1.54) is 0 Å². The Morgan fingerprint density at radius 2 is 1.93 bits per heavy atom. The van der Waals surface area contributed by atoms with E-state index in [9.17, 15) is 10.1 Å². The predicted octanol–water partition coefficient (Wildman–Crippen LogP) is 3.42. The van der Waals surface area contributed by atoms with Crippen molar-refractivity contribution in [1.82, 2.24) is 19.7 Å². The van der Waals surface area contributed by atoms with Gasteiger partial charge in [0.05, 0.1) is 25.2 Å². The van der Waals surface area contributed by atoms with Crippen molar-refractivity contribution in [2.45, 2.75) is 20.0 Å². The molecule has 30 heavy (non-hydrogen) atoms. The Balaban J connectivity index is 1.81. The summed E-state index contributed by atoms with van der Waals surface area (Å²) >= 11 is 5.87. The average molecular weight is 432 g/mol. The number of nitro groups is 1. The predicted molar refractivity (Wildman–Crippen MR) is 115 cm³/mol. The van der Waals surface area contributed by atoms with Gasteiger partial charge in [-0.3, -0.25) is 15.0 Å². The number of hydrogen-bond acceptors (Lipinski definition) is 7. The molecule has 0 spiro atoms. The molecule has 0 radical (unpaired) electrons. The number of methoxy groups -OCH3 is 1. The maximum atomic E-state index is 11.9. The van der Waals surface area contributed by atoms with Crippen LogP contribution in [0.1, 0.15) is 18.1 Å². The molecule has 3 rings (SSSR count). The number of rotatable bonds is 8. The van der Waals surface area contributed by atoms with E-state index in [4.69, 9.17) is 16.3 Å². The van der Waals surface area contributed by atoms with Crippen LogP contribution >= 0.6 is 11.6 Å². The maximum Gasteiger partial charge on any atom is 0.300 e. The lowest BCUT2D eigenvalue weighted by Gasteiger charge is -2.39. The Bertz CT molecular complexity index is 902. The minimum absolute atomic E-state index is 0.195. The number of pyridine rings is 1. The number of benzene rings is 1. The van der Waals surface area contributed by atoms with Gasteiger partial charge in [-0.05, 0) is 36.2 Å². The minimum Gasteiger partial charge on any atom is -0.497 e. The van der Waals surface area contributed by atoms with E-state index in [1.54, 1.807) is 19.4 Å². The molecular formula is C21H26ClN5O3. The number of aromatic nitrogens is 1. The third-order valence-electron chi connectivity index (χ3n) is 5.03. The van der Waals surface area contributed by atoms with Gasteiger partial charge in [-0.2, -0.15) is 0 Å². The van der Waals surface area contributed by atoms with Gasteiger partial charge >= 0.3 is 0 Å². The van der Waals surface area contributed by atoms with Crippen molar-refractivity contribution in [1.29, 1.82) is 0 Å². The van der Waals surface area contributed by atoms with Crippen LogP contribution in [-0.2, 0) is 13.1 Å².